The maximum atomic E-state index is 12.1. The first-order valence-electron chi connectivity index (χ1n) is 6.46. The van der Waals surface area contributed by atoms with Gasteiger partial charge in [0.25, 0.3) is 0 Å². The summed E-state index contributed by atoms with van der Waals surface area (Å²) in [5.41, 5.74) is 3.21. The number of amides is 1. The van der Waals surface area contributed by atoms with Crippen LogP contribution in [0.3, 0.4) is 0 Å². The molecule has 1 aromatic carbocycles. The van der Waals surface area contributed by atoms with Crippen molar-refractivity contribution in [3.05, 3.63) is 57.6 Å². The van der Waals surface area contributed by atoms with E-state index in [9.17, 15) is 4.79 Å². The largest absolute Gasteiger partial charge is 0.338 e. The topological polar surface area (TPSA) is 33.2 Å². The van der Waals surface area contributed by atoms with E-state index in [0.29, 0.717) is 6.54 Å². The zero-order chi connectivity index (χ0) is 14.5. The van der Waals surface area contributed by atoms with Gasteiger partial charge in [0.2, 0.25) is 5.91 Å². The van der Waals surface area contributed by atoms with Gasteiger partial charge in [-0.15, -0.1) is 11.3 Å². The number of likely N-dealkylation sites (N-methyl/N-ethyl adjacent to an activating group) is 1. The number of aromatic nitrogens is 1. The van der Waals surface area contributed by atoms with Crippen LogP contribution in [0, 0.1) is 13.8 Å². The molecule has 1 aromatic heterocycles. The van der Waals surface area contributed by atoms with Crippen LogP contribution in [0.4, 0.5) is 0 Å². The van der Waals surface area contributed by atoms with E-state index in [-0.39, 0.29) is 5.91 Å². The molecule has 0 aliphatic carbocycles. The van der Waals surface area contributed by atoms with E-state index in [1.54, 1.807) is 28.4 Å². The Morgan fingerprint density at radius 2 is 2.10 bits per heavy atom. The van der Waals surface area contributed by atoms with Crippen molar-refractivity contribution in [2.45, 2.75) is 20.4 Å². The van der Waals surface area contributed by atoms with Crippen LogP contribution in [0.2, 0.25) is 0 Å². The molecular weight excluding hydrogens is 268 g/mol. The van der Waals surface area contributed by atoms with Crippen molar-refractivity contribution in [3.8, 4) is 0 Å². The Morgan fingerprint density at radius 1 is 1.35 bits per heavy atom. The first kappa shape index (κ1) is 14.5. The third-order valence-electron chi connectivity index (χ3n) is 3.08. The van der Waals surface area contributed by atoms with Crippen LogP contribution in [0.1, 0.15) is 21.8 Å². The van der Waals surface area contributed by atoms with E-state index in [4.69, 9.17) is 0 Å². The Hall–Kier alpha value is -1.94. The summed E-state index contributed by atoms with van der Waals surface area (Å²) in [7, 11) is 1.81. The van der Waals surface area contributed by atoms with E-state index >= 15 is 0 Å². The zero-order valence-corrected chi connectivity index (χ0v) is 12.8. The molecule has 20 heavy (non-hydrogen) atoms. The average Bonchev–Trinajstić information content (AvgIpc) is 2.84. The molecule has 0 N–H and O–H groups in total. The fourth-order valence-electron chi connectivity index (χ4n) is 1.86. The number of carbonyl (C=O) groups is 1. The summed E-state index contributed by atoms with van der Waals surface area (Å²) in [6.07, 6.45) is 3.34. The van der Waals surface area contributed by atoms with Crippen LogP contribution < -0.4 is 0 Å². The highest BCUT2D eigenvalue weighted by Crippen LogP contribution is 2.11. The number of rotatable bonds is 4. The SMILES string of the molecule is Cc1nc(/C=C/C(=O)N(C)Cc2ccccc2C)cs1. The second-order valence-corrected chi connectivity index (χ2v) is 5.81. The van der Waals surface area contributed by atoms with Crippen molar-refractivity contribution in [2.75, 3.05) is 7.05 Å². The maximum absolute atomic E-state index is 12.1. The summed E-state index contributed by atoms with van der Waals surface area (Å²) >= 11 is 1.58. The van der Waals surface area contributed by atoms with Crippen molar-refractivity contribution in [3.63, 3.8) is 0 Å². The molecule has 104 valence electrons. The fraction of sp³-hybridized carbons (Fsp3) is 0.250. The van der Waals surface area contributed by atoms with Crippen LogP contribution in [-0.4, -0.2) is 22.8 Å². The van der Waals surface area contributed by atoms with Gasteiger partial charge < -0.3 is 4.90 Å². The smallest absolute Gasteiger partial charge is 0.246 e. The van der Waals surface area contributed by atoms with Gasteiger partial charge in [-0.05, 0) is 31.1 Å². The number of thiazole rings is 1. The van der Waals surface area contributed by atoms with Crippen molar-refractivity contribution in [1.29, 1.82) is 0 Å². The lowest BCUT2D eigenvalue weighted by molar-refractivity contribution is -0.125. The molecule has 4 heteroatoms. The highest BCUT2D eigenvalue weighted by Gasteiger charge is 2.07. The summed E-state index contributed by atoms with van der Waals surface area (Å²) < 4.78 is 0. The highest BCUT2D eigenvalue weighted by atomic mass is 32.1. The Kier molecular flexibility index (Phi) is 4.69. The first-order chi connectivity index (χ1) is 9.56. The van der Waals surface area contributed by atoms with Crippen molar-refractivity contribution >= 4 is 23.3 Å². The molecule has 0 saturated carbocycles. The number of aryl methyl sites for hydroxylation is 2. The van der Waals surface area contributed by atoms with Crippen molar-refractivity contribution < 1.29 is 4.79 Å². The maximum Gasteiger partial charge on any atom is 0.246 e. The molecule has 0 spiro atoms. The van der Waals surface area contributed by atoms with Crippen LogP contribution >= 0.6 is 11.3 Å². The zero-order valence-electron chi connectivity index (χ0n) is 12.0. The van der Waals surface area contributed by atoms with Crippen LogP contribution in [0.25, 0.3) is 6.08 Å². The van der Waals surface area contributed by atoms with Gasteiger partial charge in [0.05, 0.1) is 10.7 Å². The summed E-state index contributed by atoms with van der Waals surface area (Å²) in [4.78, 5) is 18.1. The molecule has 0 saturated heterocycles. The molecular formula is C16H18N2OS. The number of hydrogen-bond donors (Lipinski definition) is 0. The molecule has 1 amide bonds. The second kappa shape index (κ2) is 6.48. The quantitative estimate of drug-likeness (QED) is 0.807. The van der Waals surface area contributed by atoms with E-state index in [1.807, 2.05) is 37.6 Å². The molecule has 0 aliphatic heterocycles. The molecule has 0 fully saturated rings. The molecule has 1 heterocycles. The minimum absolute atomic E-state index is 0.0149. The summed E-state index contributed by atoms with van der Waals surface area (Å²) in [6, 6.07) is 8.10. The van der Waals surface area contributed by atoms with Gasteiger partial charge in [0.1, 0.15) is 0 Å². The normalized spacial score (nSPS) is 10.9. The van der Waals surface area contributed by atoms with Gasteiger partial charge in [0, 0.05) is 25.0 Å². The molecule has 3 nitrogen and oxygen atoms in total. The van der Waals surface area contributed by atoms with Gasteiger partial charge in [-0.1, -0.05) is 24.3 Å². The highest BCUT2D eigenvalue weighted by molar-refractivity contribution is 7.09. The van der Waals surface area contributed by atoms with E-state index in [0.717, 1.165) is 10.7 Å². The molecule has 2 aromatic rings. The monoisotopic (exact) mass is 286 g/mol. The molecule has 2 rings (SSSR count). The summed E-state index contributed by atoms with van der Waals surface area (Å²) in [5.74, 6) is -0.0149. The number of carbonyl (C=O) groups excluding carboxylic acids is 1. The Labute approximate surface area is 123 Å². The third kappa shape index (κ3) is 3.78. The molecule has 0 bridgehead atoms. The van der Waals surface area contributed by atoms with Gasteiger partial charge in [-0.3, -0.25) is 4.79 Å². The summed E-state index contributed by atoms with van der Waals surface area (Å²) in [5, 5.41) is 2.95. The Balaban J connectivity index is 1.99. The average molecular weight is 286 g/mol. The lowest BCUT2D eigenvalue weighted by Gasteiger charge is -2.16. The van der Waals surface area contributed by atoms with Gasteiger partial charge in [-0.25, -0.2) is 4.98 Å². The number of hydrogen-bond acceptors (Lipinski definition) is 3. The van der Waals surface area contributed by atoms with Crippen LogP contribution in [0.15, 0.2) is 35.7 Å². The lowest BCUT2D eigenvalue weighted by atomic mass is 10.1. The number of benzene rings is 1. The summed E-state index contributed by atoms with van der Waals surface area (Å²) in [6.45, 7) is 4.63. The Morgan fingerprint density at radius 3 is 2.75 bits per heavy atom. The van der Waals surface area contributed by atoms with E-state index in [1.165, 1.54) is 11.1 Å². The Bertz CT molecular complexity index is 631. The number of nitrogens with zero attached hydrogens (tertiary/aromatic N) is 2. The lowest BCUT2D eigenvalue weighted by Crippen LogP contribution is -2.24. The molecule has 0 radical (unpaired) electrons. The standard InChI is InChI=1S/C16H18N2OS/c1-12-6-4-5-7-14(12)10-18(3)16(19)9-8-15-11-20-13(2)17-15/h4-9,11H,10H2,1-3H3/b9-8+. The first-order valence-corrected chi connectivity index (χ1v) is 7.34. The molecule has 0 aliphatic rings. The minimum Gasteiger partial charge on any atom is -0.338 e. The predicted octanol–water partition coefficient (Wildman–Crippen LogP) is 3.43. The minimum atomic E-state index is -0.0149. The van der Waals surface area contributed by atoms with Crippen molar-refractivity contribution in [1.82, 2.24) is 9.88 Å². The van der Waals surface area contributed by atoms with E-state index < -0.39 is 0 Å². The predicted molar refractivity (Wildman–Crippen MR) is 83.5 cm³/mol. The van der Waals surface area contributed by atoms with Crippen LogP contribution in [-0.2, 0) is 11.3 Å². The third-order valence-corrected chi connectivity index (χ3v) is 3.87. The fourth-order valence-corrected chi connectivity index (χ4v) is 2.44. The van der Waals surface area contributed by atoms with Gasteiger partial charge in [0.15, 0.2) is 0 Å². The molecule has 0 atom stereocenters. The van der Waals surface area contributed by atoms with Crippen molar-refractivity contribution in [2.24, 2.45) is 0 Å². The molecule has 0 unspecified atom stereocenters. The van der Waals surface area contributed by atoms with E-state index in [2.05, 4.69) is 18.0 Å². The van der Waals surface area contributed by atoms with Gasteiger partial charge in [-0.2, -0.15) is 0 Å². The van der Waals surface area contributed by atoms with Gasteiger partial charge >= 0.3 is 0 Å². The van der Waals surface area contributed by atoms with Crippen LogP contribution in [0.5, 0.6) is 0 Å². The second-order valence-electron chi connectivity index (χ2n) is 4.75.